The molecule has 0 aromatic heterocycles. The molecule has 1 rings (SSSR count). The second-order valence-corrected chi connectivity index (χ2v) is 5.88. The van der Waals surface area contributed by atoms with E-state index >= 15 is 0 Å². The SMILES string of the molecule is CNC(=O)[C@@H](C)C[C@H]1CC[C@@H](C(C)C)C(=[NH+][O-])C1. The lowest BCUT2D eigenvalue weighted by Gasteiger charge is -2.30. The van der Waals surface area contributed by atoms with Crippen molar-refractivity contribution in [2.75, 3.05) is 7.05 Å². The van der Waals surface area contributed by atoms with E-state index < -0.39 is 0 Å². The fraction of sp³-hybridized carbons (Fsp3) is 0.857. The van der Waals surface area contributed by atoms with Crippen LogP contribution < -0.4 is 10.5 Å². The van der Waals surface area contributed by atoms with Crippen molar-refractivity contribution in [3.05, 3.63) is 5.21 Å². The van der Waals surface area contributed by atoms with Gasteiger partial charge in [-0.3, -0.25) is 4.79 Å². The summed E-state index contributed by atoms with van der Waals surface area (Å²) in [5, 5.41) is 15.9. The highest BCUT2D eigenvalue weighted by Crippen LogP contribution is 2.33. The van der Waals surface area contributed by atoms with E-state index in [-0.39, 0.29) is 11.8 Å². The Morgan fingerprint density at radius 2 is 2.11 bits per heavy atom. The Hall–Kier alpha value is -1.06. The summed E-state index contributed by atoms with van der Waals surface area (Å²) in [6, 6.07) is 0. The first-order valence-electron chi connectivity index (χ1n) is 6.95. The molecular weight excluding hydrogens is 228 g/mol. The van der Waals surface area contributed by atoms with E-state index in [2.05, 4.69) is 24.3 Å². The summed E-state index contributed by atoms with van der Waals surface area (Å²) < 4.78 is 0. The molecular formula is C14H26N2O2. The van der Waals surface area contributed by atoms with Crippen molar-refractivity contribution in [3.8, 4) is 0 Å². The van der Waals surface area contributed by atoms with E-state index in [1.54, 1.807) is 7.05 Å². The van der Waals surface area contributed by atoms with Crippen LogP contribution in [0.3, 0.4) is 0 Å². The van der Waals surface area contributed by atoms with Crippen molar-refractivity contribution < 1.29 is 9.95 Å². The van der Waals surface area contributed by atoms with Gasteiger partial charge in [0.1, 0.15) is 0 Å². The average molecular weight is 254 g/mol. The zero-order valence-electron chi connectivity index (χ0n) is 12.0. The van der Waals surface area contributed by atoms with Crippen molar-refractivity contribution in [2.24, 2.45) is 23.7 Å². The van der Waals surface area contributed by atoms with Crippen LogP contribution in [0.2, 0.25) is 0 Å². The molecule has 0 unspecified atom stereocenters. The van der Waals surface area contributed by atoms with Crippen LogP contribution in [0.4, 0.5) is 0 Å². The first-order chi connectivity index (χ1) is 8.49. The van der Waals surface area contributed by atoms with Gasteiger partial charge in [0.05, 0.1) is 0 Å². The van der Waals surface area contributed by atoms with E-state index in [1.807, 2.05) is 6.92 Å². The summed E-state index contributed by atoms with van der Waals surface area (Å²) in [6.45, 7) is 6.28. The minimum atomic E-state index is 0.0310. The molecule has 4 heteroatoms. The molecule has 0 saturated heterocycles. The summed E-state index contributed by atoms with van der Waals surface area (Å²) in [6.07, 6.45) is 3.88. The van der Waals surface area contributed by atoms with Crippen LogP contribution in [0.1, 0.15) is 46.5 Å². The van der Waals surface area contributed by atoms with E-state index in [0.29, 0.717) is 17.8 Å². The van der Waals surface area contributed by atoms with Gasteiger partial charge in [-0.05, 0) is 31.1 Å². The molecule has 0 radical (unpaired) electrons. The molecule has 1 fully saturated rings. The van der Waals surface area contributed by atoms with Crippen LogP contribution in [0.5, 0.6) is 0 Å². The number of carbonyl (C=O) groups is 1. The van der Waals surface area contributed by atoms with Crippen molar-refractivity contribution in [2.45, 2.75) is 46.5 Å². The summed E-state index contributed by atoms with van der Waals surface area (Å²) in [4.78, 5) is 11.5. The molecule has 1 aliphatic carbocycles. The molecule has 4 nitrogen and oxygen atoms in total. The van der Waals surface area contributed by atoms with E-state index in [1.165, 1.54) is 0 Å². The molecule has 0 aromatic carbocycles. The van der Waals surface area contributed by atoms with Gasteiger partial charge in [0.2, 0.25) is 5.91 Å². The summed E-state index contributed by atoms with van der Waals surface area (Å²) in [5.74, 6) is 1.50. The molecule has 0 aliphatic heterocycles. The van der Waals surface area contributed by atoms with E-state index in [9.17, 15) is 10.0 Å². The maximum absolute atomic E-state index is 11.5. The highest BCUT2D eigenvalue weighted by molar-refractivity contribution is 5.83. The van der Waals surface area contributed by atoms with Gasteiger partial charge in [-0.15, -0.1) is 0 Å². The molecule has 0 bridgehead atoms. The first kappa shape index (κ1) is 15.0. The van der Waals surface area contributed by atoms with Crippen molar-refractivity contribution in [1.29, 1.82) is 0 Å². The van der Waals surface area contributed by atoms with Gasteiger partial charge in [0.25, 0.3) is 0 Å². The Bertz CT molecular complexity index is 313. The van der Waals surface area contributed by atoms with Gasteiger partial charge in [-0.1, -0.05) is 20.8 Å². The van der Waals surface area contributed by atoms with Crippen LogP contribution >= 0.6 is 0 Å². The van der Waals surface area contributed by atoms with Crippen LogP contribution in [0.15, 0.2) is 0 Å². The molecule has 0 spiro atoms. The predicted molar refractivity (Wildman–Crippen MR) is 72.9 cm³/mol. The molecule has 18 heavy (non-hydrogen) atoms. The Kier molecular flexibility index (Phi) is 5.63. The number of rotatable bonds is 4. The maximum atomic E-state index is 11.5. The summed E-state index contributed by atoms with van der Waals surface area (Å²) >= 11 is 0. The third-order valence-corrected chi connectivity index (χ3v) is 4.16. The van der Waals surface area contributed by atoms with Gasteiger partial charge in [-0.2, -0.15) is 0 Å². The smallest absolute Gasteiger partial charge is 0.222 e. The second-order valence-electron chi connectivity index (χ2n) is 5.88. The maximum Gasteiger partial charge on any atom is 0.222 e. The third-order valence-electron chi connectivity index (χ3n) is 4.16. The number of amides is 1. The van der Waals surface area contributed by atoms with Gasteiger partial charge in [0.15, 0.2) is 5.71 Å². The lowest BCUT2D eigenvalue weighted by atomic mass is 9.73. The number of hydrogen-bond acceptors (Lipinski definition) is 2. The molecule has 2 N–H and O–H groups in total. The van der Waals surface area contributed by atoms with Crippen LogP contribution in [0.25, 0.3) is 0 Å². The zero-order chi connectivity index (χ0) is 13.7. The number of hydrogen-bond donors (Lipinski definition) is 2. The molecule has 1 amide bonds. The normalized spacial score (nSPS) is 28.4. The fourth-order valence-electron chi connectivity index (χ4n) is 3.06. The molecule has 0 aromatic rings. The third kappa shape index (κ3) is 3.72. The highest BCUT2D eigenvalue weighted by atomic mass is 16.4. The summed E-state index contributed by atoms with van der Waals surface area (Å²) in [5.41, 5.74) is 0.936. The van der Waals surface area contributed by atoms with Gasteiger partial charge in [-0.25, -0.2) is 5.16 Å². The fourth-order valence-corrected chi connectivity index (χ4v) is 3.06. The van der Waals surface area contributed by atoms with E-state index in [4.69, 9.17) is 0 Å². The van der Waals surface area contributed by atoms with E-state index in [0.717, 1.165) is 31.4 Å². The largest absolute Gasteiger partial charge is 0.625 e. The molecule has 3 atom stereocenters. The predicted octanol–water partition coefficient (Wildman–Crippen LogP) is 0.850. The highest BCUT2D eigenvalue weighted by Gasteiger charge is 2.33. The van der Waals surface area contributed by atoms with Crippen LogP contribution in [-0.2, 0) is 4.79 Å². The Labute approximate surface area is 110 Å². The van der Waals surface area contributed by atoms with Crippen LogP contribution in [-0.4, -0.2) is 18.7 Å². The second kappa shape index (κ2) is 6.76. The number of nitrogens with one attached hydrogen (secondary N) is 2. The Morgan fingerprint density at radius 3 is 2.61 bits per heavy atom. The lowest BCUT2D eigenvalue weighted by Crippen LogP contribution is -2.68. The lowest BCUT2D eigenvalue weighted by molar-refractivity contribution is -0.380. The molecule has 0 heterocycles. The van der Waals surface area contributed by atoms with Gasteiger partial charge in [0, 0.05) is 25.3 Å². The Balaban J connectivity index is 2.56. The number of carbonyl (C=O) groups excluding carboxylic acids is 1. The van der Waals surface area contributed by atoms with Gasteiger partial charge >= 0.3 is 0 Å². The molecule has 1 saturated carbocycles. The van der Waals surface area contributed by atoms with Crippen molar-refractivity contribution in [3.63, 3.8) is 0 Å². The van der Waals surface area contributed by atoms with Crippen LogP contribution in [0, 0.1) is 28.9 Å². The Morgan fingerprint density at radius 1 is 1.44 bits per heavy atom. The van der Waals surface area contributed by atoms with Gasteiger partial charge < -0.3 is 10.5 Å². The standard InChI is InChI=1S/C14H26N2O2/c1-9(2)12-6-5-11(8-13(12)16-18)7-10(3)14(17)15-4/h9-12,16H,5-8H2,1-4H3,(H-,15,17,18)/t10-,11+,12-/m0/s1. The van der Waals surface area contributed by atoms with Crippen molar-refractivity contribution >= 4 is 11.6 Å². The minimum absolute atomic E-state index is 0.0310. The monoisotopic (exact) mass is 254 g/mol. The zero-order valence-corrected chi connectivity index (χ0v) is 12.0. The first-order valence-corrected chi connectivity index (χ1v) is 6.95. The molecule has 104 valence electrons. The molecule has 1 aliphatic rings. The van der Waals surface area contributed by atoms with Crippen molar-refractivity contribution in [1.82, 2.24) is 5.32 Å². The summed E-state index contributed by atoms with van der Waals surface area (Å²) in [7, 11) is 1.67. The minimum Gasteiger partial charge on any atom is -0.625 e. The topological polar surface area (TPSA) is 66.1 Å². The average Bonchev–Trinajstić information content (AvgIpc) is 2.37. The quantitative estimate of drug-likeness (QED) is 0.577.